The van der Waals surface area contributed by atoms with Crippen molar-refractivity contribution >= 4 is 17.3 Å². The monoisotopic (exact) mass is 194 g/mol. The van der Waals surface area contributed by atoms with Crippen molar-refractivity contribution in [2.24, 2.45) is 0 Å². The van der Waals surface area contributed by atoms with Gasteiger partial charge in [0.1, 0.15) is 6.54 Å². The van der Waals surface area contributed by atoms with Gasteiger partial charge in [0, 0.05) is 25.5 Å². The van der Waals surface area contributed by atoms with Crippen molar-refractivity contribution in [2.75, 3.05) is 30.9 Å². The summed E-state index contributed by atoms with van der Waals surface area (Å²) in [6, 6.07) is 7.59. The summed E-state index contributed by atoms with van der Waals surface area (Å²) >= 11 is 0. The minimum Gasteiger partial charge on any atom is -0.480 e. The maximum Gasteiger partial charge on any atom is 0.322 e. The number of aliphatic carboxylic acids is 1. The number of carbonyl (C=O) groups is 1. The summed E-state index contributed by atoms with van der Waals surface area (Å²) in [6.45, 7) is -0.0543. The van der Waals surface area contributed by atoms with E-state index in [1.807, 2.05) is 43.3 Å². The number of carboxylic acids is 1. The number of rotatable bonds is 4. The highest BCUT2D eigenvalue weighted by Gasteiger charge is 1.97. The van der Waals surface area contributed by atoms with Crippen molar-refractivity contribution in [3.05, 3.63) is 24.3 Å². The normalized spacial score (nSPS) is 9.57. The molecule has 0 aromatic heterocycles. The number of anilines is 2. The molecule has 0 saturated carbocycles. The van der Waals surface area contributed by atoms with Gasteiger partial charge in [0.2, 0.25) is 0 Å². The molecule has 0 saturated heterocycles. The van der Waals surface area contributed by atoms with Crippen LogP contribution in [0.2, 0.25) is 0 Å². The molecule has 0 atom stereocenters. The third kappa shape index (κ3) is 2.97. The molecule has 14 heavy (non-hydrogen) atoms. The molecule has 4 nitrogen and oxygen atoms in total. The van der Waals surface area contributed by atoms with E-state index in [1.165, 1.54) is 0 Å². The van der Waals surface area contributed by atoms with Gasteiger partial charge in [-0.15, -0.1) is 0 Å². The Labute approximate surface area is 83.2 Å². The molecule has 4 heteroatoms. The summed E-state index contributed by atoms with van der Waals surface area (Å²) in [5, 5.41) is 11.2. The van der Waals surface area contributed by atoms with E-state index in [0.29, 0.717) is 0 Å². The van der Waals surface area contributed by atoms with E-state index in [0.717, 1.165) is 11.4 Å². The summed E-state index contributed by atoms with van der Waals surface area (Å²) in [4.78, 5) is 12.3. The smallest absolute Gasteiger partial charge is 0.322 e. The largest absolute Gasteiger partial charge is 0.480 e. The molecule has 0 amide bonds. The van der Waals surface area contributed by atoms with E-state index in [1.54, 1.807) is 0 Å². The van der Waals surface area contributed by atoms with Crippen LogP contribution in [0.3, 0.4) is 0 Å². The topological polar surface area (TPSA) is 52.6 Å². The minimum absolute atomic E-state index is 0.0543. The van der Waals surface area contributed by atoms with E-state index >= 15 is 0 Å². The van der Waals surface area contributed by atoms with Crippen LogP contribution < -0.4 is 10.2 Å². The molecule has 0 radical (unpaired) electrons. The summed E-state index contributed by atoms with van der Waals surface area (Å²) < 4.78 is 0. The SMILES string of the molecule is CN(C)c1ccc(NCC(=O)O)cc1. The molecule has 2 N–H and O–H groups in total. The molecule has 0 fully saturated rings. The van der Waals surface area contributed by atoms with Gasteiger partial charge in [0.25, 0.3) is 0 Å². The molecule has 0 bridgehead atoms. The highest BCUT2D eigenvalue weighted by Crippen LogP contribution is 2.15. The first-order valence-corrected chi connectivity index (χ1v) is 4.32. The number of hydrogen-bond acceptors (Lipinski definition) is 3. The minimum atomic E-state index is -0.860. The van der Waals surface area contributed by atoms with E-state index in [9.17, 15) is 4.79 Å². The lowest BCUT2D eigenvalue weighted by atomic mass is 10.2. The third-order valence-corrected chi connectivity index (χ3v) is 1.83. The Kier molecular flexibility index (Phi) is 3.34. The quantitative estimate of drug-likeness (QED) is 0.757. The fourth-order valence-corrected chi connectivity index (χ4v) is 1.06. The van der Waals surface area contributed by atoms with Gasteiger partial charge < -0.3 is 15.3 Å². The number of benzene rings is 1. The molecule has 1 aromatic rings. The van der Waals surface area contributed by atoms with Gasteiger partial charge in [-0.1, -0.05) is 0 Å². The van der Waals surface area contributed by atoms with Crippen LogP contribution in [0, 0.1) is 0 Å². The van der Waals surface area contributed by atoms with Crippen LogP contribution >= 0.6 is 0 Å². The Morgan fingerprint density at radius 1 is 1.36 bits per heavy atom. The van der Waals surface area contributed by atoms with Crippen LogP contribution in [0.5, 0.6) is 0 Å². The molecule has 0 unspecified atom stereocenters. The summed E-state index contributed by atoms with van der Waals surface area (Å²) in [7, 11) is 3.92. The Morgan fingerprint density at radius 2 is 1.93 bits per heavy atom. The fourth-order valence-electron chi connectivity index (χ4n) is 1.06. The van der Waals surface area contributed by atoms with Crippen molar-refractivity contribution in [1.82, 2.24) is 0 Å². The van der Waals surface area contributed by atoms with Crippen LogP contribution in [0.25, 0.3) is 0 Å². The van der Waals surface area contributed by atoms with Crippen LogP contribution in [0.15, 0.2) is 24.3 Å². The molecular weight excluding hydrogens is 180 g/mol. The van der Waals surface area contributed by atoms with Gasteiger partial charge in [0.05, 0.1) is 0 Å². The fraction of sp³-hybridized carbons (Fsp3) is 0.300. The van der Waals surface area contributed by atoms with Crippen molar-refractivity contribution in [1.29, 1.82) is 0 Å². The first kappa shape index (κ1) is 10.4. The average Bonchev–Trinajstić information content (AvgIpc) is 2.15. The van der Waals surface area contributed by atoms with Gasteiger partial charge in [-0.25, -0.2) is 0 Å². The number of hydrogen-bond donors (Lipinski definition) is 2. The molecule has 1 aromatic carbocycles. The van der Waals surface area contributed by atoms with Gasteiger partial charge in [-0.2, -0.15) is 0 Å². The van der Waals surface area contributed by atoms with Crippen LogP contribution in [0.1, 0.15) is 0 Å². The zero-order chi connectivity index (χ0) is 10.6. The molecule has 1 rings (SSSR count). The molecule has 0 heterocycles. The number of nitrogens with zero attached hydrogens (tertiary/aromatic N) is 1. The van der Waals surface area contributed by atoms with Crippen molar-refractivity contribution < 1.29 is 9.90 Å². The Bertz CT molecular complexity index is 306. The molecular formula is C10H14N2O2. The Balaban J connectivity index is 2.59. The second kappa shape index (κ2) is 4.50. The van der Waals surface area contributed by atoms with Gasteiger partial charge in [-0.05, 0) is 24.3 Å². The van der Waals surface area contributed by atoms with Crippen LogP contribution in [-0.2, 0) is 4.79 Å². The number of carboxylic acid groups (broad SMARTS) is 1. The Morgan fingerprint density at radius 3 is 2.36 bits per heavy atom. The van der Waals surface area contributed by atoms with Gasteiger partial charge >= 0.3 is 5.97 Å². The standard InChI is InChI=1S/C10H14N2O2/c1-12(2)9-5-3-8(4-6-9)11-7-10(13)14/h3-6,11H,7H2,1-2H3,(H,13,14). The number of nitrogens with one attached hydrogen (secondary N) is 1. The lowest BCUT2D eigenvalue weighted by molar-refractivity contribution is -0.134. The second-order valence-electron chi connectivity index (χ2n) is 3.19. The molecule has 0 aliphatic carbocycles. The molecule has 0 aliphatic heterocycles. The van der Waals surface area contributed by atoms with Crippen molar-refractivity contribution in [3.63, 3.8) is 0 Å². The second-order valence-corrected chi connectivity index (χ2v) is 3.19. The summed E-state index contributed by atoms with van der Waals surface area (Å²) in [5.41, 5.74) is 1.91. The highest BCUT2D eigenvalue weighted by atomic mass is 16.4. The van der Waals surface area contributed by atoms with Crippen LogP contribution in [-0.4, -0.2) is 31.7 Å². The summed E-state index contributed by atoms with van der Waals surface area (Å²) in [5.74, 6) is -0.860. The lowest BCUT2D eigenvalue weighted by Gasteiger charge is -2.12. The maximum atomic E-state index is 10.3. The van der Waals surface area contributed by atoms with E-state index in [2.05, 4.69) is 5.32 Å². The average molecular weight is 194 g/mol. The van der Waals surface area contributed by atoms with Crippen molar-refractivity contribution in [3.8, 4) is 0 Å². The maximum absolute atomic E-state index is 10.3. The predicted molar refractivity (Wildman–Crippen MR) is 56.9 cm³/mol. The van der Waals surface area contributed by atoms with E-state index < -0.39 is 5.97 Å². The van der Waals surface area contributed by atoms with E-state index in [-0.39, 0.29) is 6.54 Å². The summed E-state index contributed by atoms with van der Waals surface area (Å²) in [6.07, 6.45) is 0. The predicted octanol–water partition coefficient (Wildman–Crippen LogP) is 1.25. The van der Waals surface area contributed by atoms with Crippen LogP contribution in [0.4, 0.5) is 11.4 Å². The van der Waals surface area contributed by atoms with Gasteiger partial charge in [0.15, 0.2) is 0 Å². The molecule has 76 valence electrons. The highest BCUT2D eigenvalue weighted by molar-refractivity contribution is 5.73. The molecule has 0 aliphatic rings. The first-order chi connectivity index (χ1) is 6.59. The Hall–Kier alpha value is -1.71. The zero-order valence-corrected chi connectivity index (χ0v) is 8.32. The van der Waals surface area contributed by atoms with Gasteiger partial charge in [-0.3, -0.25) is 4.79 Å². The van der Waals surface area contributed by atoms with E-state index in [4.69, 9.17) is 5.11 Å². The zero-order valence-electron chi connectivity index (χ0n) is 8.32. The first-order valence-electron chi connectivity index (χ1n) is 4.32. The lowest BCUT2D eigenvalue weighted by Crippen LogP contribution is -2.12. The molecule has 0 spiro atoms. The van der Waals surface area contributed by atoms with Crippen molar-refractivity contribution in [2.45, 2.75) is 0 Å². The third-order valence-electron chi connectivity index (χ3n) is 1.83.